The van der Waals surface area contributed by atoms with Gasteiger partial charge in [0.1, 0.15) is 5.82 Å². The summed E-state index contributed by atoms with van der Waals surface area (Å²) < 4.78 is 14.8. The third-order valence-electron chi connectivity index (χ3n) is 4.34. The fourth-order valence-corrected chi connectivity index (χ4v) is 2.85. The molecule has 0 N–H and O–H groups in total. The van der Waals surface area contributed by atoms with Crippen molar-refractivity contribution >= 4 is 5.91 Å². The Bertz CT molecular complexity index is 845. The van der Waals surface area contributed by atoms with Gasteiger partial charge in [0, 0.05) is 31.7 Å². The van der Waals surface area contributed by atoms with Crippen LogP contribution in [0, 0.1) is 5.82 Å². The molecule has 27 heavy (non-hydrogen) atoms. The molecule has 3 aromatic rings. The Morgan fingerprint density at radius 3 is 2.59 bits per heavy atom. The molecule has 1 amide bonds. The van der Waals surface area contributed by atoms with E-state index in [-0.39, 0.29) is 11.7 Å². The summed E-state index contributed by atoms with van der Waals surface area (Å²) in [6, 6.07) is 11.6. The lowest BCUT2D eigenvalue weighted by Gasteiger charge is -2.23. The largest absolute Gasteiger partial charge is 0.334 e. The highest BCUT2D eigenvalue weighted by Gasteiger charge is 2.16. The molecular formula is C21H23FN4O. The number of hydrogen-bond donors (Lipinski definition) is 0. The van der Waals surface area contributed by atoms with Gasteiger partial charge in [-0.2, -0.15) is 5.10 Å². The van der Waals surface area contributed by atoms with E-state index < -0.39 is 0 Å². The number of hydrogen-bond acceptors (Lipinski definition) is 3. The summed E-state index contributed by atoms with van der Waals surface area (Å²) in [6.45, 7) is 3.23. The molecule has 2 aromatic heterocycles. The molecule has 0 atom stereocenters. The van der Waals surface area contributed by atoms with Crippen LogP contribution >= 0.6 is 0 Å². The second-order valence-electron chi connectivity index (χ2n) is 6.42. The van der Waals surface area contributed by atoms with Crippen LogP contribution in [-0.2, 0) is 6.54 Å². The number of unbranched alkanes of at least 4 members (excludes halogenated alkanes) is 2. The molecule has 5 nitrogen and oxygen atoms in total. The lowest BCUT2D eigenvalue weighted by atomic mass is 10.1. The predicted molar refractivity (Wildman–Crippen MR) is 102 cm³/mol. The first-order chi connectivity index (χ1) is 13.2. The van der Waals surface area contributed by atoms with E-state index in [9.17, 15) is 9.18 Å². The first-order valence-corrected chi connectivity index (χ1v) is 9.17. The van der Waals surface area contributed by atoms with E-state index >= 15 is 0 Å². The Kier molecular flexibility index (Phi) is 6.30. The number of nitrogens with zero attached hydrogens (tertiary/aromatic N) is 4. The highest BCUT2D eigenvalue weighted by atomic mass is 19.1. The van der Waals surface area contributed by atoms with Gasteiger partial charge >= 0.3 is 0 Å². The molecule has 3 rings (SSSR count). The Hall–Kier alpha value is -3.02. The van der Waals surface area contributed by atoms with Gasteiger partial charge in [-0.05, 0) is 42.3 Å². The summed E-state index contributed by atoms with van der Waals surface area (Å²) in [7, 11) is 0. The number of benzene rings is 1. The summed E-state index contributed by atoms with van der Waals surface area (Å²) in [5, 5.41) is 4.14. The molecule has 0 aliphatic heterocycles. The second kappa shape index (κ2) is 9.07. The molecule has 0 fully saturated rings. The molecule has 0 bridgehead atoms. The minimum Gasteiger partial charge on any atom is -0.334 e. The van der Waals surface area contributed by atoms with E-state index in [1.807, 2.05) is 6.07 Å². The molecule has 0 aliphatic carbocycles. The summed E-state index contributed by atoms with van der Waals surface area (Å²) in [5.74, 6) is 0.309. The maximum absolute atomic E-state index is 13.2. The van der Waals surface area contributed by atoms with Crippen molar-refractivity contribution in [2.45, 2.75) is 32.7 Å². The lowest BCUT2D eigenvalue weighted by Crippen LogP contribution is -2.31. The average molecular weight is 366 g/mol. The van der Waals surface area contributed by atoms with E-state index in [1.165, 1.54) is 12.1 Å². The first kappa shape index (κ1) is 18.8. The molecule has 0 radical (unpaired) electrons. The lowest BCUT2D eigenvalue weighted by molar-refractivity contribution is 0.0739. The summed E-state index contributed by atoms with van der Waals surface area (Å²) in [5.41, 5.74) is 1.44. The van der Waals surface area contributed by atoms with E-state index in [1.54, 1.807) is 52.4 Å². The van der Waals surface area contributed by atoms with Gasteiger partial charge in [0.05, 0.1) is 5.56 Å². The number of amides is 1. The fourth-order valence-electron chi connectivity index (χ4n) is 2.85. The number of pyridine rings is 1. The second-order valence-corrected chi connectivity index (χ2v) is 6.42. The minimum atomic E-state index is -0.277. The zero-order valence-electron chi connectivity index (χ0n) is 15.4. The van der Waals surface area contributed by atoms with Crippen LogP contribution in [0.2, 0.25) is 0 Å². The molecule has 140 valence electrons. The number of carbonyl (C=O) groups excluding carboxylic acids is 1. The van der Waals surface area contributed by atoms with E-state index in [2.05, 4.69) is 17.0 Å². The SMILES string of the molecule is CCCCCN(Cc1ccc(F)cc1)C(=O)c1ccc(-n2cccn2)nc1. The van der Waals surface area contributed by atoms with Crippen molar-refractivity contribution in [2.24, 2.45) is 0 Å². The molecular weight excluding hydrogens is 343 g/mol. The molecule has 6 heteroatoms. The molecule has 0 spiro atoms. The third kappa shape index (κ3) is 5.00. The standard InChI is InChI=1S/C21H23FN4O/c1-2-3-4-13-25(16-17-6-9-19(22)10-7-17)21(27)18-8-11-20(23-15-18)26-14-5-12-24-26/h5-12,14-15H,2-4,13,16H2,1H3. The van der Waals surface area contributed by atoms with Crippen LogP contribution in [0.25, 0.3) is 5.82 Å². The van der Waals surface area contributed by atoms with Crippen LogP contribution in [-0.4, -0.2) is 32.1 Å². The maximum Gasteiger partial charge on any atom is 0.255 e. The molecule has 0 saturated carbocycles. The van der Waals surface area contributed by atoms with Crippen LogP contribution in [0.3, 0.4) is 0 Å². The number of carbonyl (C=O) groups is 1. The van der Waals surface area contributed by atoms with Gasteiger partial charge < -0.3 is 4.90 Å². The van der Waals surface area contributed by atoms with Gasteiger partial charge in [0.15, 0.2) is 5.82 Å². The summed E-state index contributed by atoms with van der Waals surface area (Å²) in [4.78, 5) is 19.1. The quantitative estimate of drug-likeness (QED) is 0.560. The fraction of sp³-hybridized carbons (Fsp3) is 0.286. The Morgan fingerprint density at radius 1 is 1.15 bits per heavy atom. The molecule has 0 saturated heterocycles. The Balaban J connectivity index is 1.75. The highest BCUT2D eigenvalue weighted by molar-refractivity contribution is 5.94. The monoisotopic (exact) mass is 366 g/mol. The van der Waals surface area contributed by atoms with Gasteiger partial charge in [0.2, 0.25) is 0 Å². The van der Waals surface area contributed by atoms with Crippen molar-refractivity contribution in [3.05, 3.63) is 78.0 Å². The zero-order valence-corrected chi connectivity index (χ0v) is 15.4. The van der Waals surface area contributed by atoms with E-state index in [0.29, 0.717) is 24.5 Å². The highest BCUT2D eigenvalue weighted by Crippen LogP contribution is 2.13. The molecule has 0 unspecified atom stereocenters. The van der Waals surface area contributed by atoms with Gasteiger partial charge in [-0.15, -0.1) is 0 Å². The third-order valence-corrected chi connectivity index (χ3v) is 4.34. The van der Waals surface area contributed by atoms with Gasteiger partial charge in [0.25, 0.3) is 5.91 Å². The van der Waals surface area contributed by atoms with E-state index in [4.69, 9.17) is 0 Å². The Labute approximate surface area is 158 Å². The van der Waals surface area contributed by atoms with Crippen molar-refractivity contribution < 1.29 is 9.18 Å². The number of aromatic nitrogens is 3. The van der Waals surface area contributed by atoms with Gasteiger partial charge in [-0.25, -0.2) is 14.1 Å². The van der Waals surface area contributed by atoms with Crippen LogP contribution in [0.1, 0.15) is 42.1 Å². The maximum atomic E-state index is 13.2. The van der Waals surface area contributed by atoms with Crippen LogP contribution in [0.5, 0.6) is 0 Å². The molecule has 1 aromatic carbocycles. The normalized spacial score (nSPS) is 10.7. The first-order valence-electron chi connectivity index (χ1n) is 9.17. The molecule has 0 aliphatic rings. The van der Waals surface area contributed by atoms with Crippen molar-refractivity contribution in [1.29, 1.82) is 0 Å². The van der Waals surface area contributed by atoms with Crippen molar-refractivity contribution in [3.8, 4) is 5.82 Å². The van der Waals surface area contributed by atoms with Crippen LogP contribution in [0.4, 0.5) is 4.39 Å². The van der Waals surface area contributed by atoms with Crippen molar-refractivity contribution in [1.82, 2.24) is 19.7 Å². The topological polar surface area (TPSA) is 51.0 Å². The predicted octanol–water partition coefficient (Wildman–Crippen LogP) is 4.24. The van der Waals surface area contributed by atoms with Crippen molar-refractivity contribution in [2.75, 3.05) is 6.54 Å². The van der Waals surface area contributed by atoms with Gasteiger partial charge in [-0.1, -0.05) is 31.9 Å². The van der Waals surface area contributed by atoms with Crippen LogP contribution in [0.15, 0.2) is 61.1 Å². The van der Waals surface area contributed by atoms with E-state index in [0.717, 1.165) is 24.8 Å². The van der Waals surface area contributed by atoms with Gasteiger partial charge in [-0.3, -0.25) is 4.79 Å². The number of rotatable bonds is 8. The summed E-state index contributed by atoms with van der Waals surface area (Å²) in [6.07, 6.45) is 8.13. The summed E-state index contributed by atoms with van der Waals surface area (Å²) >= 11 is 0. The zero-order chi connectivity index (χ0) is 19.1. The average Bonchev–Trinajstić information content (AvgIpc) is 3.23. The smallest absolute Gasteiger partial charge is 0.255 e. The van der Waals surface area contributed by atoms with Crippen LogP contribution < -0.4 is 0 Å². The van der Waals surface area contributed by atoms with Crippen molar-refractivity contribution in [3.63, 3.8) is 0 Å². The minimum absolute atomic E-state index is 0.0741. The Morgan fingerprint density at radius 2 is 1.96 bits per heavy atom. The number of halogens is 1. The molecule has 2 heterocycles.